The Morgan fingerprint density at radius 2 is 2.08 bits per heavy atom. The molecule has 3 aliphatic heterocycles. The minimum atomic E-state index is -2.68. The maximum absolute atomic E-state index is 13.3. The molecule has 39 heavy (non-hydrogen) atoms. The lowest BCUT2D eigenvalue weighted by Crippen LogP contribution is -2.58. The molecule has 2 N–H and O–H groups in total. The minimum Gasteiger partial charge on any atom is -0.494 e. The summed E-state index contributed by atoms with van der Waals surface area (Å²) in [6.07, 6.45) is 6.06. The Morgan fingerprint density at radius 3 is 2.82 bits per heavy atom. The predicted octanol–water partition coefficient (Wildman–Crippen LogP) is 3.51. The Hall–Kier alpha value is -2.40. The second-order valence-corrected chi connectivity index (χ2v) is 11.7. The molecule has 0 saturated carbocycles. The number of alkyl halides is 2. The van der Waals surface area contributed by atoms with Crippen molar-refractivity contribution in [3.63, 3.8) is 0 Å². The summed E-state index contributed by atoms with van der Waals surface area (Å²) in [5, 5.41) is 13.0. The fraction of sp³-hybridized carbons (Fsp3) is 0.679. The van der Waals surface area contributed by atoms with E-state index in [4.69, 9.17) is 9.84 Å². The molecule has 0 spiro atoms. The van der Waals surface area contributed by atoms with E-state index in [0.29, 0.717) is 30.9 Å². The van der Waals surface area contributed by atoms with Gasteiger partial charge in [0.15, 0.2) is 0 Å². The van der Waals surface area contributed by atoms with Crippen LogP contribution in [0.25, 0.3) is 0 Å². The molecule has 1 aromatic rings. The van der Waals surface area contributed by atoms with E-state index in [9.17, 15) is 18.4 Å². The van der Waals surface area contributed by atoms with Crippen molar-refractivity contribution >= 4 is 29.3 Å². The maximum Gasteiger partial charge on any atom is 0.245 e. The Bertz CT molecular complexity index is 1020. The van der Waals surface area contributed by atoms with Crippen molar-refractivity contribution in [2.24, 2.45) is 11.0 Å². The molecule has 0 aliphatic carbocycles. The van der Waals surface area contributed by atoms with Crippen molar-refractivity contribution in [3.8, 4) is 5.75 Å². The fourth-order valence-electron chi connectivity index (χ4n) is 5.51. The molecule has 216 valence electrons. The Morgan fingerprint density at radius 1 is 1.28 bits per heavy atom. The average molecular weight is 566 g/mol. The topological polar surface area (TPSA) is 86.3 Å². The molecule has 0 radical (unpaired) electrons. The van der Waals surface area contributed by atoms with Gasteiger partial charge in [-0.3, -0.25) is 14.6 Å². The van der Waals surface area contributed by atoms with Gasteiger partial charge in [0.05, 0.1) is 24.6 Å². The number of carbonyl (C=O) groups is 2. The van der Waals surface area contributed by atoms with Crippen LogP contribution in [0.15, 0.2) is 29.4 Å². The van der Waals surface area contributed by atoms with Gasteiger partial charge >= 0.3 is 0 Å². The van der Waals surface area contributed by atoms with Crippen molar-refractivity contribution in [2.75, 3.05) is 44.8 Å². The number of fused-ring (bicyclic) bond motifs is 1. The molecule has 3 atom stereocenters. The number of nitrogens with one attached hydrogen (secondary N) is 2. The van der Waals surface area contributed by atoms with Crippen molar-refractivity contribution in [3.05, 3.63) is 29.8 Å². The first-order valence-corrected chi connectivity index (χ1v) is 15.4. The number of aryl methyl sites for hydroxylation is 1. The molecule has 3 aliphatic rings. The molecule has 2 amide bonds. The van der Waals surface area contributed by atoms with E-state index in [2.05, 4.69) is 15.5 Å². The summed E-state index contributed by atoms with van der Waals surface area (Å²) in [6.45, 7) is 4.87. The summed E-state index contributed by atoms with van der Waals surface area (Å²) in [5.74, 6) is -2.32. The normalized spacial score (nSPS) is 23.4. The standard InChI is InChI=1S/C28H41F2N5O3S/c1-28(29,30)11-6-16-38-22-8-5-7-20(17-22)9-10-21-18-23-25(27(37)31-21)26(32-24(36)19-39-2)35(33-23)15-14-34-12-3-4-13-34/h5,7-8,17,21,25-26H,3-4,6,9-16,18-19H2,1-2H3,(H,31,37)(H,32,36). The van der Waals surface area contributed by atoms with Crippen molar-refractivity contribution in [1.82, 2.24) is 20.5 Å². The monoisotopic (exact) mass is 565 g/mol. The lowest BCUT2D eigenvalue weighted by atomic mass is 9.87. The molecule has 1 aromatic carbocycles. The van der Waals surface area contributed by atoms with Gasteiger partial charge in [0.1, 0.15) is 17.8 Å². The number of nitrogens with zero attached hydrogens (tertiary/aromatic N) is 3. The number of rotatable bonds is 14. The van der Waals surface area contributed by atoms with Gasteiger partial charge in [0, 0.05) is 25.4 Å². The number of hydrogen-bond donors (Lipinski definition) is 2. The predicted molar refractivity (Wildman–Crippen MR) is 150 cm³/mol. The van der Waals surface area contributed by atoms with Crippen LogP contribution >= 0.6 is 11.8 Å². The number of amides is 2. The zero-order chi connectivity index (χ0) is 27.8. The quantitative estimate of drug-likeness (QED) is 0.336. The highest BCUT2D eigenvalue weighted by atomic mass is 32.2. The number of carbonyl (C=O) groups excluding carboxylic acids is 2. The van der Waals surface area contributed by atoms with Gasteiger partial charge in [0.25, 0.3) is 0 Å². The molecule has 0 aromatic heterocycles. The number of piperidine rings is 1. The summed E-state index contributed by atoms with van der Waals surface area (Å²) in [7, 11) is 0. The summed E-state index contributed by atoms with van der Waals surface area (Å²) >= 11 is 1.45. The average Bonchev–Trinajstić information content (AvgIpc) is 3.52. The van der Waals surface area contributed by atoms with Gasteiger partial charge in [-0.1, -0.05) is 12.1 Å². The van der Waals surface area contributed by atoms with E-state index in [1.54, 1.807) is 0 Å². The van der Waals surface area contributed by atoms with E-state index in [0.717, 1.165) is 50.7 Å². The van der Waals surface area contributed by atoms with E-state index in [-0.39, 0.29) is 30.9 Å². The van der Waals surface area contributed by atoms with Crippen LogP contribution in [0.3, 0.4) is 0 Å². The number of ether oxygens (including phenoxy) is 1. The van der Waals surface area contributed by atoms with Gasteiger partial charge in [-0.2, -0.15) is 16.9 Å². The maximum atomic E-state index is 13.3. The van der Waals surface area contributed by atoms with Gasteiger partial charge in [-0.25, -0.2) is 8.78 Å². The van der Waals surface area contributed by atoms with E-state index in [1.807, 2.05) is 35.5 Å². The third-order valence-electron chi connectivity index (χ3n) is 7.47. The molecule has 3 unspecified atom stereocenters. The van der Waals surface area contributed by atoms with Crippen LogP contribution in [0.1, 0.15) is 51.0 Å². The third-order valence-corrected chi connectivity index (χ3v) is 8.03. The molecule has 2 fully saturated rings. The largest absolute Gasteiger partial charge is 0.494 e. The lowest BCUT2D eigenvalue weighted by Gasteiger charge is -2.33. The highest BCUT2D eigenvalue weighted by molar-refractivity contribution is 7.99. The van der Waals surface area contributed by atoms with Crippen LogP contribution in [-0.2, 0) is 16.0 Å². The van der Waals surface area contributed by atoms with Crippen LogP contribution < -0.4 is 15.4 Å². The number of halogens is 2. The fourth-order valence-corrected chi connectivity index (χ4v) is 5.86. The smallest absolute Gasteiger partial charge is 0.245 e. The van der Waals surface area contributed by atoms with Gasteiger partial charge in [-0.05, 0) is 76.1 Å². The summed E-state index contributed by atoms with van der Waals surface area (Å²) in [4.78, 5) is 28.1. The Labute approximate surface area is 234 Å². The first-order chi connectivity index (χ1) is 18.7. The molecular formula is C28H41F2N5O3S. The van der Waals surface area contributed by atoms with Crippen LogP contribution in [0, 0.1) is 5.92 Å². The second kappa shape index (κ2) is 13.8. The number of hydrogen-bond acceptors (Lipinski definition) is 7. The lowest BCUT2D eigenvalue weighted by molar-refractivity contribution is -0.127. The van der Waals surface area contributed by atoms with E-state index >= 15 is 0 Å². The van der Waals surface area contributed by atoms with Gasteiger partial charge in [0.2, 0.25) is 17.7 Å². The zero-order valence-electron chi connectivity index (χ0n) is 23.0. The number of benzene rings is 1. The van der Waals surface area contributed by atoms with E-state index < -0.39 is 18.0 Å². The first kappa shape index (κ1) is 29.6. The molecule has 2 saturated heterocycles. The SMILES string of the molecule is CSCC(=O)NC1C2C(=O)NC(CCc3cccc(OCCCC(C)(F)F)c3)CC2=NN1CCN1CCCC1. The number of hydrazone groups is 1. The van der Waals surface area contributed by atoms with Crippen LogP contribution in [-0.4, -0.2) is 90.4 Å². The van der Waals surface area contributed by atoms with Crippen molar-refractivity contribution in [2.45, 2.75) is 70.0 Å². The van der Waals surface area contributed by atoms with E-state index in [1.165, 1.54) is 24.6 Å². The van der Waals surface area contributed by atoms with Crippen molar-refractivity contribution < 1.29 is 23.1 Å². The summed E-state index contributed by atoms with van der Waals surface area (Å²) in [6, 6.07) is 7.61. The third kappa shape index (κ3) is 8.79. The molecule has 8 nitrogen and oxygen atoms in total. The highest BCUT2D eigenvalue weighted by Gasteiger charge is 2.46. The second-order valence-electron chi connectivity index (χ2n) is 10.8. The molecule has 4 rings (SSSR count). The summed E-state index contributed by atoms with van der Waals surface area (Å²) in [5.41, 5.74) is 1.90. The molecular weight excluding hydrogens is 524 g/mol. The molecule has 11 heteroatoms. The summed E-state index contributed by atoms with van der Waals surface area (Å²) < 4.78 is 31.7. The molecule has 0 bridgehead atoms. The number of thioether (sulfide) groups is 1. The van der Waals surface area contributed by atoms with Crippen LogP contribution in [0.2, 0.25) is 0 Å². The van der Waals surface area contributed by atoms with Gasteiger partial charge in [-0.15, -0.1) is 0 Å². The highest BCUT2D eigenvalue weighted by Crippen LogP contribution is 2.29. The Balaban J connectivity index is 1.33. The zero-order valence-corrected chi connectivity index (χ0v) is 23.8. The van der Waals surface area contributed by atoms with Crippen LogP contribution in [0.5, 0.6) is 5.75 Å². The van der Waals surface area contributed by atoms with Crippen LogP contribution in [0.4, 0.5) is 8.78 Å². The first-order valence-electron chi connectivity index (χ1n) is 14.0. The Kier molecular flexibility index (Phi) is 10.5. The number of likely N-dealkylation sites (tertiary alicyclic amines) is 1. The van der Waals surface area contributed by atoms with Gasteiger partial charge < -0.3 is 20.3 Å². The molecule has 3 heterocycles. The van der Waals surface area contributed by atoms with Crippen molar-refractivity contribution in [1.29, 1.82) is 0 Å². The minimum absolute atomic E-state index is 0.0510.